The minimum absolute atomic E-state index is 0.704. The van der Waals surface area contributed by atoms with Gasteiger partial charge in [-0.3, -0.25) is 0 Å². The summed E-state index contributed by atoms with van der Waals surface area (Å²) in [5, 5.41) is 0. The Labute approximate surface area is 135 Å². The van der Waals surface area contributed by atoms with Crippen molar-refractivity contribution in [1.82, 2.24) is 0 Å². The van der Waals surface area contributed by atoms with Crippen LogP contribution < -0.4 is 0 Å². The molecule has 0 nitrogen and oxygen atoms in total. The van der Waals surface area contributed by atoms with Crippen LogP contribution in [0.1, 0.15) is 5.56 Å². The Morgan fingerprint density at radius 2 is 1.55 bits per heavy atom. The maximum absolute atomic E-state index is 4.29. The van der Waals surface area contributed by atoms with Crippen LogP contribution in [0.3, 0.4) is 0 Å². The van der Waals surface area contributed by atoms with Crippen LogP contribution >= 0.6 is 34.2 Å². The second kappa shape index (κ2) is 8.71. The van der Waals surface area contributed by atoms with Gasteiger partial charge in [-0.25, -0.2) is 0 Å². The highest BCUT2D eigenvalue weighted by Crippen LogP contribution is 2.23. The zero-order chi connectivity index (χ0) is 14.2. The van der Waals surface area contributed by atoms with E-state index >= 15 is 0 Å². The van der Waals surface area contributed by atoms with Gasteiger partial charge in [0.2, 0.25) is 0 Å². The van der Waals surface area contributed by atoms with E-state index in [2.05, 4.69) is 72.5 Å². The lowest BCUT2D eigenvalue weighted by molar-refractivity contribution is 0.672. The first-order valence-corrected chi connectivity index (χ1v) is 10.2. The highest BCUT2D eigenvalue weighted by atomic mass is 33.1. The summed E-state index contributed by atoms with van der Waals surface area (Å²) in [5.41, 5.74) is 4.00. The molecule has 1 unspecified atom stereocenters. The lowest BCUT2D eigenvalue weighted by atomic mass is 9.99. The number of thioether (sulfide) groups is 1. The van der Waals surface area contributed by atoms with Crippen molar-refractivity contribution < 1.29 is 0 Å². The molecule has 0 saturated heterocycles. The zero-order valence-corrected chi connectivity index (χ0v) is 14.2. The van der Waals surface area contributed by atoms with E-state index in [1.54, 1.807) is 10.8 Å². The lowest BCUT2D eigenvalue weighted by Gasteiger charge is -2.14. The van der Waals surface area contributed by atoms with Gasteiger partial charge < -0.3 is 0 Å². The topological polar surface area (TPSA) is 0 Å². The summed E-state index contributed by atoms with van der Waals surface area (Å²) in [6, 6.07) is 19.5. The molecule has 0 aliphatic heterocycles. The largest absolute Gasteiger partial charge is 0.165 e. The van der Waals surface area contributed by atoms with Crippen molar-refractivity contribution in [3.05, 3.63) is 60.2 Å². The summed E-state index contributed by atoms with van der Waals surface area (Å²) in [7, 11) is 1.65. The molecule has 3 heteroatoms. The molecule has 0 radical (unpaired) electrons. The Balaban J connectivity index is 2.04. The van der Waals surface area contributed by atoms with Crippen molar-refractivity contribution >= 4 is 34.2 Å². The van der Waals surface area contributed by atoms with Gasteiger partial charge in [-0.1, -0.05) is 65.4 Å². The molecule has 20 heavy (non-hydrogen) atoms. The standard InChI is InChI=1S/C17H20S3/c1-19-12-15(13-20-18)11-14-7-9-17(10-8-14)16-5-3-2-4-6-16/h2-10,15,18H,11-13H2,1H3. The van der Waals surface area contributed by atoms with Gasteiger partial charge in [-0.15, -0.1) is 11.7 Å². The van der Waals surface area contributed by atoms with Gasteiger partial charge in [0.25, 0.3) is 0 Å². The normalized spacial score (nSPS) is 12.3. The molecule has 2 aromatic rings. The minimum atomic E-state index is 0.704. The molecule has 0 bridgehead atoms. The molecule has 0 aliphatic carbocycles. The Kier molecular flexibility index (Phi) is 6.91. The number of hydrogen-bond donors (Lipinski definition) is 1. The van der Waals surface area contributed by atoms with Gasteiger partial charge in [0.05, 0.1) is 0 Å². The second-order valence-electron chi connectivity index (χ2n) is 4.88. The van der Waals surface area contributed by atoms with E-state index in [1.807, 2.05) is 11.8 Å². The van der Waals surface area contributed by atoms with E-state index < -0.39 is 0 Å². The van der Waals surface area contributed by atoms with Gasteiger partial charge in [0, 0.05) is 5.75 Å². The third-order valence-corrected chi connectivity index (χ3v) is 5.17. The van der Waals surface area contributed by atoms with Crippen molar-refractivity contribution in [2.75, 3.05) is 17.8 Å². The van der Waals surface area contributed by atoms with Crippen molar-refractivity contribution in [1.29, 1.82) is 0 Å². The van der Waals surface area contributed by atoms with Crippen molar-refractivity contribution in [3.63, 3.8) is 0 Å². The Morgan fingerprint density at radius 1 is 0.900 bits per heavy atom. The van der Waals surface area contributed by atoms with Crippen LogP contribution in [-0.4, -0.2) is 17.8 Å². The quantitative estimate of drug-likeness (QED) is 0.532. The summed E-state index contributed by atoms with van der Waals surface area (Å²) >= 11 is 6.21. The maximum Gasteiger partial charge on any atom is 0.00739 e. The molecule has 0 aromatic heterocycles. The van der Waals surface area contributed by atoms with E-state index in [9.17, 15) is 0 Å². The molecule has 0 fully saturated rings. The van der Waals surface area contributed by atoms with Crippen LogP contribution in [0.25, 0.3) is 11.1 Å². The summed E-state index contributed by atoms with van der Waals surface area (Å²) in [5.74, 6) is 3.02. The van der Waals surface area contributed by atoms with Crippen molar-refractivity contribution in [2.45, 2.75) is 6.42 Å². The van der Waals surface area contributed by atoms with E-state index in [4.69, 9.17) is 0 Å². The van der Waals surface area contributed by atoms with Gasteiger partial charge in [-0.2, -0.15) is 11.8 Å². The molecule has 1 atom stereocenters. The molecule has 0 aliphatic rings. The van der Waals surface area contributed by atoms with Crippen LogP contribution in [0, 0.1) is 5.92 Å². The average molecular weight is 321 g/mol. The van der Waals surface area contributed by atoms with Gasteiger partial charge >= 0.3 is 0 Å². The summed E-state index contributed by atoms with van der Waals surface area (Å²) in [6.07, 6.45) is 3.32. The third kappa shape index (κ3) is 4.80. The Morgan fingerprint density at radius 3 is 2.15 bits per heavy atom. The van der Waals surface area contributed by atoms with Crippen LogP contribution in [0.15, 0.2) is 54.6 Å². The van der Waals surface area contributed by atoms with E-state index in [0.29, 0.717) is 5.92 Å². The van der Waals surface area contributed by atoms with Crippen LogP contribution in [0.4, 0.5) is 0 Å². The smallest absolute Gasteiger partial charge is 0.00739 e. The highest BCUT2D eigenvalue weighted by molar-refractivity contribution is 8.68. The average Bonchev–Trinajstić information content (AvgIpc) is 2.49. The number of thiol groups is 1. The fraction of sp³-hybridized carbons (Fsp3) is 0.294. The summed E-state index contributed by atoms with van der Waals surface area (Å²) < 4.78 is 0. The van der Waals surface area contributed by atoms with E-state index in [0.717, 1.165) is 12.2 Å². The molecule has 0 saturated carbocycles. The second-order valence-corrected chi connectivity index (χ2v) is 7.16. The first-order valence-electron chi connectivity index (χ1n) is 6.73. The Hall–Kier alpha value is -0.510. The van der Waals surface area contributed by atoms with Crippen molar-refractivity contribution in [2.24, 2.45) is 5.92 Å². The summed E-state index contributed by atoms with van der Waals surface area (Å²) in [6.45, 7) is 0. The van der Waals surface area contributed by atoms with E-state index in [-0.39, 0.29) is 0 Å². The summed E-state index contributed by atoms with van der Waals surface area (Å²) in [4.78, 5) is 0. The fourth-order valence-corrected chi connectivity index (χ4v) is 4.24. The van der Waals surface area contributed by atoms with Crippen molar-refractivity contribution in [3.8, 4) is 11.1 Å². The van der Waals surface area contributed by atoms with Gasteiger partial charge in [-0.05, 0) is 41.0 Å². The van der Waals surface area contributed by atoms with Crippen LogP contribution in [-0.2, 0) is 6.42 Å². The first kappa shape index (κ1) is 15.9. The van der Waals surface area contributed by atoms with Crippen LogP contribution in [0.5, 0.6) is 0 Å². The molecule has 2 aromatic carbocycles. The van der Waals surface area contributed by atoms with E-state index in [1.165, 1.54) is 22.4 Å². The maximum atomic E-state index is 4.29. The molecule has 2 rings (SSSR count). The predicted octanol–water partition coefficient (Wildman–Crippen LogP) is 5.45. The van der Waals surface area contributed by atoms with Crippen LogP contribution in [0.2, 0.25) is 0 Å². The first-order chi connectivity index (χ1) is 9.83. The molecule has 0 amide bonds. The molecule has 106 valence electrons. The molecule has 0 spiro atoms. The number of rotatable bonds is 7. The monoisotopic (exact) mass is 320 g/mol. The molecule has 0 N–H and O–H groups in total. The highest BCUT2D eigenvalue weighted by Gasteiger charge is 2.09. The Bertz CT molecular complexity index is 487. The minimum Gasteiger partial charge on any atom is -0.165 e. The number of hydrogen-bond acceptors (Lipinski definition) is 3. The third-order valence-electron chi connectivity index (χ3n) is 3.30. The fourth-order valence-electron chi connectivity index (χ4n) is 2.30. The molecule has 0 heterocycles. The van der Waals surface area contributed by atoms with Gasteiger partial charge in [0.15, 0.2) is 0 Å². The lowest BCUT2D eigenvalue weighted by Crippen LogP contribution is -2.10. The molecular formula is C17H20S3. The predicted molar refractivity (Wildman–Crippen MR) is 98.9 cm³/mol. The molecular weight excluding hydrogens is 300 g/mol. The zero-order valence-electron chi connectivity index (χ0n) is 11.7. The van der Waals surface area contributed by atoms with Gasteiger partial charge in [0.1, 0.15) is 0 Å². The number of benzene rings is 2. The SMILES string of the molecule is CSCC(CSS)Cc1ccc(-c2ccccc2)cc1.